The van der Waals surface area contributed by atoms with E-state index in [1.165, 1.54) is 0 Å². The van der Waals surface area contributed by atoms with Crippen molar-refractivity contribution in [3.63, 3.8) is 0 Å². The minimum Gasteiger partial charge on any atom is -0.475 e. The number of alkyl halides is 3. The Hall–Kier alpha value is -4.31. The Kier molecular flexibility index (Phi) is 14.3. The van der Waals surface area contributed by atoms with Gasteiger partial charge in [-0.1, -0.05) is 0 Å². The van der Waals surface area contributed by atoms with Crippen LogP contribution in [0.15, 0.2) is 36.7 Å². The molecule has 2 saturated heterocycles. The third kappa shape index (κ3) is 13.8. The van der Waals surface area contributed by atoms with Crippen molar-refractivity contribution in [3.8, 4) is 12.1 Å². The first-order valence-electron chi connectivity index (χ1n) is 14.7. The highest BCUT2D eigenvalue weighted by molar-refractivity contribution is 5.73. The summed E-state index contributed by atoms with van der Waals surface area (Å²) in [7, 11) is 0. The van der Waals surface area contributed by atoms with E-state index in [0.29, 0.717) is 23.7 Å². The molecule has 15 heteroatoms. The summed E-state index contributed by atoms with van der Waals surface area (Å²) in [5, 5.41) is 28.0. The summed E-state index contributed by atoms with van der Waals surface area (Å²) in [6, 6.07) is 12.2. The van der Waals surface area contributed by atoms with Gasteiger partial charge in [0.25, 0.3) is 0 Å². The molecule has 2 fully saturated rings. The topological polar surface area (TPSA) is 159 Å². The minimum atomic E-state index is -5.08. The molecule has 2 aliphatic heterocycles. The van der Waals surface area contributed by atoms with Gasteiger partial charge in [-0.3, -0.25) is 19.8 Å². The van der Waals surface area contributed by atoms with Crippen LogP contribution in [-0.2, 0) is 22.6 Å². The molecule has 0 aromatic carbocycles. The quantitative estimate of drug-likeness (QED) is 0.498. The zero-order chi connectivity index (χ0) is 34.5. The highest BCUT2D eigenvalue weighted by atomic mass is 19.4. The van der Waals surface area contributed by atoms with Gasteiger partial charge in [0.05, 0.1) is 22.5 Å². The van der Waals surface area contributed by atoms with Gasteiger partial charge in [0.15, 0.2) is 0 Å². The van der Waals surface area contributed by atoms with E-state index in [1.807, 2.05) is 45.9 Å². The number of carbonyl (C=O) groups excluding carboxylic acids is 1. The van der Waals surface area contributed by atoms with E-state index in [9.17, 15) is 18.0 Å². The van der Waals surface area contributed by atoms with Crippen LogP contribution in [0.5, 0.6) is 0 Å². The maximum absolute atomic E-state index is 12.2. The molecule has 2 aliphatic rings. The average molecular weight is 647 g/mol. The highest BCUT2D eigenvalue weighted by Crippen LogP contribution is 2.17. The number of aromatic nitrogens is 2. The summed E-state index contributed by atoms with van der Waals surface area (Å²) in [6.45, 7) is 16.8. The first kappa shape index (κ1) is 37.9. The average Bonchev–Trinajstić information content (AvgIpc) is 2.97. The second-order valence-corrected chi connectivity index (χ2v) is 12.0. The Morgan fingerprint density at radius 1 is 0.935 bits per heavy atom. The largest absolute Gasteiger partial charge is 0.490 e. The third-order valence-electron chi connectivity index (χ3n) is 6.71. The third-order valence-corrected chi connectivity index (χ3v) is 6.71. The summed E-state index contributed by atoms with van der Waals surface area (Å²) in [6.07, 6.45) is -2.10. The summed E-state index contributed by atoms with van der Waals surface area (Å²) in [5.74, 6) is -2.76. The second-order valence-electron chi connectivity index (χ2n) is 12.0. The molecule has 4 heterocycles. The fourth-order valence-corrected chi connectivity index (χ4v) is 4.55. The molecular formula is C31H41F3N8O4. The lowest BCUT2D eigenvalue weighted by molar-refractivity contribution is -0.192. The van der Waals surface area contributed by atoms with Crippen LogP contribution >= 0.6 is 0 Å². The number of nitrogens with zero attached hydrogens (tertiary/aromatic N) is 7. The number of aliphatic carboxylic acids is 1. The fraction of sp³-hybridized carbons (Fsp3) is 0.548. The lowest BCUT2D eigenvalue weighted by Crippen LogP contribution is -2.54. The van der Waals surface area contributed by atoms with Gasteiger partial charge < -0.3 is 20.1 Å². The van der Waals surface area contributed by atoms with Crippen molar-refractivity contribution in [2.75, 3.05) is 39.3 Å². The zero-order valence-electron chi connectivity index (χ0n) is 26.7. The number of amides is 1. The Bertz CT molecular complexity index is 1350. The number of carbonyl (C=O) groups is 2. The van der Waals surface area contributed by atoms with Crippen LogP contribution in [0.3, 0.4) is 0 Å². The predicted molar refractivity (Wildman–Crippen MR) is 162 cm³/mol. The van der Waals surface area contributed by atoms with Gasteiger partial charge in [0.1, 0.15) is 17.7 Å². The molecule has 0 saturated carbocycles. The van der Waals surface area contributed by atoms with Gasteiger partial charge in [-0.05, 0) is 58.9 Å². The van der Waals surface area contributed by atoms with Crippen LogP contribution in [0, 0.1) is 22.7 Å². The molecule has 0 radical (unpaired) electrons. The first-order valence-corrected chi connectivity index (χ1v) is 14.7. The van der Waals surface area contributed by atoms with E-state index >= 15 is 0 Å². The van der Waals surface area contributed by atoms with Crippen LogP contribution in [-0.4, -0.2) is 105 Å². The highest BCUT2D eigenvalue weighted by Gasteiger charge is 2.38. The lowest BCUT2D eigenvalue weighted by Gasteiger charge is -2.40. The lowest BCUT2D eigenvalue weighted by atomic mass is 10.1. The second kappa shape index (κ2) is 17.4. The number of hydrogen-bond acceptors (Lipinski definition) is 10. The van der Waals surface area contributed by atoms with Crippen molar-refractivity contribution < 1.29 is 32.6 Å². The zero-order valence-corrected chi connectivity index (χ0v) is 26.7. The van der Waals surface area contributed by atoms with Crippen molar-refractivity contribution >= 4 is 12.1 Å². The van der Waals surface area contributed by atoms with Crippen molar-refractivity contribution in [2.45, 2.75) is 71.6 Å². The van der Waals surface area contributed by atoms with Gasteiger partial charge in [-0.2, -0.15) is 23.7 Å². The summed E-state index contributed by atoms with van der Waals surface area (Å²) in [4.78, 5) is 36.1. The smallest absolute Gasteiger partial charge is 0.475 e. The molecular weight excluding hydrogens is 605 g/mol. The number of carboxylic acids is 1. The van der Waals surface area contributed by atoms with Gasteiger partial charge in [0, 0.05) is 76.8 Å². The molecule has 250 valence electrons. The number of nitrogens with one attached hydrogen (secondary N) is 1. The molecule has 2 unspecified atom stereocenters. The van der Waals surface area contributed by atoms with Crippen molar-refractivity contribution in [1.29, 1.82) is 10.5 Å². The van der Waals surface area contributed by atoms with E-state index in [-0.39, 0.29) is 12.1 Å². The maximum atomic E-state index is 12.2. The molecule has 1 amide bonds. The van der Waals surface area contributed by atoms with Crippen LogP contribution in [0.25, 0.3) is 0 Å². The van der Waals surface area contributed by atoms with Crippen molar-refractivity contribution in [2.24, 2.45) is 0 Å². The number of pyridine rings is 2. The molecule has 0 bridgehead atoms. The Morgan fingerprint density at radius 3 is 1.80 bits per heavy atom. The molecule has 2 N–H and O–H groups in total. The number of rotatable bonds is 4. The maximum Gasteiger partial charge on any atom is 0.490 e. The first-order chi connectivity index (χ1) is 21.5. The molecule has 2 atom stereocenters. The number of carboxylic acid groups (broad SMARTS) is 1. The Labute approximate surface area is 267 Å². The number of piperazine rings is 2. The monoisotopic (exact) mass is 646 g/mol. The standard InChI is InChI=1S/C17H24N4O2.C12H16N4.C2HF3O2/c1-13-11-20(12-15-6-5-14(9-18)10-19-15)7-8-21(13)16(22)23-17(2,3)4;1-10-8-16(5-4-14-10)9-12-3-2-11(6-13)7-15-12;3-2(4,5)1(6)7/h5-6,10,13H,7-8,11-12H2,1-4H3;2-3,7,10,14H,4-5,8-9H2,1H3;(H,6,7). The van der Waals surface area contributed by atoms with Crippen molar-refractivity contribution in [1.82, 2.24) is 30.0 Å². The number of halogens is 3. The van der Waals surface area contributed by atoms with E-state index in [2.05, 4.69) is 44.1 Å². The number of ether oxygens (including phenoxy) is 1. The van der Waals surface area contributed by atoms with Gasteiger partial charge in [-0.15, -0.1) is 0 Å². The summed E-state index contributed by atoms with van der Waals surface area (Å²) < 4.78 is 37.2. The number of hydrogen-bond donors (Lipinski definition) is 2. The van der Waals surface area contributed by atoms with E-state index < -0.39 is 17.7 Å². The van der Waals surface area contributed by atoms with E-state index in [4.69, 9.17) is 25.2 Å². The molecule has 12 nitrogen and oxygen atoms in total. The Balaban J connectivity index is 0.000000276. The normalized spacial score (nSPS) is 18.9. The SMILES string of the molecule is CC1CN(Cc2ccc(C#N)cn2)CCN1.CC1CN(Cc2ccc(C#N)cn2)CCN1C(=O)OC(C)(C)C.O=C(O)C(F)(F)F. The molecule has 2 aromatic rings. The van der Waals surface area contributed by atoms with E-state index in [0.717, 1.165) is 57.2 Å². The van der Waals surface area contributed by atoms with Gasteiger partial charge in [0.2, 0.25) is 0 Å². The molecule has 4 rings (SSSR count). The predicted octanol–water partition coefficient (Wildman–Crippen LogP) is 3.77. The van der Waals surface area contributed by atoms with Gasteiger partial charge >= 0.3 is 18.2 Å². The molecule has 46 heavy (non-hydrogen) atoms. The van der Waals surface area contributed by atoms with Crippen LogP contribution in [0.4, 0.5) is 18.0 Å². The van der Waals surface area contributed by atoms with Crippen molar-refractivity contribution in [3.05, 3.63) is 59.2 Å². The summed E-state index contributed by atoms with van der Waals surface area (Å²) >= 11 is 0. The fourth-order valence-electron chi connectivity index (χ4n) is 4.55. The number of nitriles is 2. The van der Waals surface area contributed by atoms with E-state index in [1.54, 1.807) is 23.4 Å². The molecule has 2 aromatic heterocycles. The Morgan fingerprint density at radius 2 is 1.43 bits per heavy atom. The minimum absolute atomic E-state index is 0.0944. The summed E-state index contributed by atoms with van der Waals surface area (Å²) in [5.41, 5.74) is 2.68. The molecule has 0 aliphatic carbocycles. The van der Waals surface area contributed by atoms with Crippen LogP contribution in [0.1, 0.15) is 57.1 Å². The molecule has 0 spiro atoms. The van der Waals surface area contributed by atoms with Gasteiger partial charge in [-0.25, -0.2) is 9.59 Å². The van der Waals surface area contributed by atoms with Crippen LogP contribution in [0.2, 0.25) is 0 Å². The van der Waals surface area contributed by atoms with Crippen LogP contribution < -0.4 is 5.32 Å².